The molecule has 0 spiro atoms. The molecule has 8 heteroatoms. The van der Waals surface area contributed by atoms with Crippen molar-refractivity contribution >= 4 is 45.9 Å². The van der Waals surface area contributed by atoms with Crippen molar-refractivity contribution in [2.24, 2.45) is 0 Å². The van der Waals surface area contributed by atoms with E-state index in [1.54, 1.807) is 36.4 Å². The highest BCUT2D eigenvalue weighted by molar-refractivity contribution is 6.35. The first-order valence-corrected chi connectivity index (χ1v) is 8.27. The third-order valence-corrected chi connectivity index (χ3v) is 3.93. The van der Waals surface area contributed by atoms with Crippen LogP contribution in [0.5, 0.6) is 5.75 Å². The van der Waals surface area contributed by atoms with Crippen LogP contribution in [0.1, 0.15) is 12.8 Å². The van der Waals surface area contributed by atoms with E-state index in [1.165, 1.54) is 0 Å². The van der Waals surface area contributed by atoms with Crippen molar-refractivity contribution in [3.05, 3.63) is 57.0 Å². The van der Waals surface area contributed by atoms with Gasteiger partial charge < -0.3 is 14.5 Å². The second-order valence-corrected chi connectivity index (χ2v) is 6.14. The van der Waals surface area contributed by atoms with Crippen LogP contribution in [0.3, 0.4) is 0 Å². The average molecular weight is 381 g/mol. The minimum Gasteiger partial charge on any atom is -0.492 e. The zero-order valence-corrected chi connectivity index (χ0v) is 14.5. The number of aromatic amines is 1. The Labute approximate surface area is 152 Å². The molecule has 3 rings (SSSR count). The van der Waals surface area contributed by atoms with E-state index in [2.05, 4.69) is 10.3 Å². The minimum atomic E-state index is -0.531. The van der Waals surface area contributed by atoms with Crippen LogP contribution in [0.2, 0.25) is 10.0 Å². The second-order valence-electron chi connectivity index (χ2n) is 5.30. The van der Waals surface area contributed by atoms with Gasteiger partial charge in [0, 0.05) is 17.1 Å². The smallest absolute Gasteiger partial charge is 0.417 e. The summed E-state index contributed by atoms with van der Waals surface area (Å²) in [6.07, 6.45) is 0.806. The molecule has 1 amide bonds. The highest BCUT2D eigenvalue weighted by Gasteiger charge is 2.07. The van der Waals surface area contributed by atoms with Crippen molar-refractivity contribution in [2.75, 3.05) is 11.9 Å². The van der Waals surface area contributed by atoms with Crippen LogP contribution in [0.25, 0.3) is 11.1 Å². The molecular weight excluding hydrogens is 367 g/mol. The molecule has 25 heavy (non-hydrogen) atoms. The van der Waals surface area contributed by atoms with E-state index in [0.717, 1.165) is 0 Å². The Bertz CT molecular complexity index is 965. The zero-order chi connectivity index (χ0) is 17.8. The van der Waals surface area contributed by atoms with E-state index in [9.17, 15) is 9.59 Å². The van der Waals surface area contributed by atoms with Crippen LogP contribution in [0.4, 0.5) is 5.69 Å². The molecular formula is C17H14Cl2N2O4. The number of rotatable bonds is 6. The summed E-state index contributed by atoms with van der Waals surface area (Å²) in [5.41, 5.74) is 1.55. The molecule has 0 bridgehead atoms. The fourth-order valence-corrected chi connectivity index (χ4v) is 2.72. The van der Waals surface area contributed by atoms with E-state index >= 15 is 0 Å². The summed E-state index contributed by atoms with van der Waals surface area (Å²) >= 11 is 11.8. The predicted molar refractivity (Wildman–Crippen MR) is 96.7 cm³/mol. The lowest BCUT2D eigenvalue weighted by Gasteiger charge is -2.08. The van der Waals surface area contributed by atoms with Gasteiger partial charge in [-0.15, -0.1) is 0 Å². The van der Waals surface area contributed by atoms with Gasteiger partial charge in [-0.1, -0.05) is 23.2 Å². The highest BCUT2D eigenvalue weighted by atomic mass is 35.5. The van der Waals surface area contributed by atoms with Gasteiger partial charge >= 0.3 is 5.76 Å². The molecule has 130 valence electrons. The number of aromatic nitrogens is 1. The van der Waals surface area contributed by atoms with Crippen LogP contribution in [-0.4, -0.2) is 17.5 Å². The van der Waals surface area contributed by atoms with Crippen LogP contribution >= 0.6 is 23.2 Å². The third kappa shape index (κ3) is 4.55. The number of carbonyl (C=O) groups is 1. The number of amides is 1. The van der Waals surface area contributed by atoms with Crippen LogP contribution in [-0.2, 0) is 4.79 Å². The molecule has 1 aromatic heterocycles. The minimum absolute atomic E-state index is 0.156. The van der Waals surface area contributed by atoms with E-state index < -0.39 is 5.76 Å². The average Bonchev–Trinajstić information content (AvgIpc) is 2.92. The van der Waals surface area contributed by atoms with E-state index in [4.69, 9.17) is 32.4 Å². The van der Waals surface area contributed by atoms with Crippen molar-refractivity contribution in [1.82, 2.24) is 4.98 Å². The van der Waals surface area contributed by atoms with Crippen molar-refractivity contribution in [1.29, 1.82) is 0 Å². The van der Waals surface area contributed by atoms with Crippen LogP contribution < -0.4 is 15.8 Å². The van der Waals surface area contributed by atoms with Crippen LogP contribution in [0.15, 0.2) is 45.6 Å². The first-order valence-electron chi connectivity index (χ1n) is 7.52. The van der Waals surface area contributed by atoms with Gasteiger partial charge in [-0.2, -0.15) is 0 Å². The molecule has 2 N–H and O–H groups in total. The first-order chi connectivity index (χ1) is 12.0. The summed E-state index contributed by atoms with van der Waals surface area (Å²) < 4.78 is 10.4. The molecule has 0 aliphatic rings. The topological polar surface area (TPSA) is 84.3 Å². The maximum Gasteiger partial charge on any atom is 0.417 e. The fourth-order valence-electron chi connectivity index (χ4n) is 2.26. The quantitative estimate of drug-likeness (QED) is 0.626. The molecule has 1 heterocycles. The van der Waals surface area contributed by atoms with Gasteiger partial charge in [0.2, 0.25) is 5.91 Å². The van der Waals surface area contributed by atoms with Crippen molar-refractivity contribution in [3.8, 4) is 5.75 Å². The lowest BCUT2D eigenvalue weighted by atomic mass is 10.2. The van der Waals surface area contributed by atoms with Gasteiger partial charge in [-0.3, -0.25) is 9.78 Å². The summed E-state index contributed by atoms with van der Waals surface area (Å²) in [6, 6.07) is 9.90. The van der Waals surface area contributed by atoms with Gasteiger partial charge in [0.05, 0.1) is 17.1 Å². The Morgan fingerprint density at radius 1 is 1.20 bits per heavy atom. The zero-order valence-electron chi connectivity index (χ0n) is 13.0. The number of fused-ring (bicyclic) bond motifs is 1. The Kier molecular flexibility index (Phi) is 5.31. The van der Waals surface area contributed by atoms with Crippen molar-refractivity contribution < 1.29 is 13.9 Å². The molecule has 0 unspecified atom stereocenters. The number of carbonyl (C=O) groups excluding carboxylic acids is 1. The number of oxazole rings is 1. The number of hydrogen-bond donors (Lipinski definition) is 2. The fraction of sp³-hybridized carbons (Fsp3) is 0.176. The second kappa shape index (κ2) is 7.63. The van der Waals surface area contributed by atoms with Gasteiger partial charge in [0.15, 0.2) is 5.58 Å². The first kappa shape index (κ1) is 17.4. The van der Waals surface area contributed by atoms with E-state index in [0.29, 0.717) is 45.6 Å². The Morgan fingerprint density at radius 3 is 2.84 bits per heavy atom. The lowest BCUT2D eigenvalue weighted by Crippen LogP contribution is -2.12. The lowest BCUT2D eigenvalue weighted by molar-refractivity contribution is -0.116. The SMILES string of the molecule is O=C(CCCOc1ccc(Cl)cc1Cl)Nc1ccc2oc(=O)[nH]c2c1. The Balaban J connectivity index is 1.48. The molecule has 0 saturated heterocycles. The van der Waals surface area contributed by atoms with Crippen molar-refractivity contribution in [2.45, 2.75) is 12.8 Å². The highest BCUT2D eigenvalue weighted by Crippen LogP contribution is 2.27. The standard InChI is InChI=1S/C17H14Cl2N2O4/c18-10-3-5-14(12(19)8-10)24-7-1-2-16(22)20-11-4-6-15-13(9-11)21-17(23)25-15/h3-6,8-9H,1-2,7H2,(H,20,22)(H,21,23). The van der Waals surface area contributed by atoms with Gasteiger partial charge in [0.1, 0.15) is 5.75 Å². The Morgan fingerprint density at radius 2 is 2.04 bits per heavy atom. The number of ether oxygens (including phenoxy) is 1. The summed E-state index contributed by atoms with van der Waals surface area (Å²) in [5, 5.41) is 3.72. The molecule has 0 fully saturated rings. The molecule has 0 radical (unpaired) electrons. The molecule has 2 aromatic carbocycles. The molecule has 0 aliphatic heterocycles. The predicted octanol–water partition coefficient (Wildman–Crippen LogP) is 4.23. The van der Waals surface area contributed by atoms with Crippen LogP contribution in [0, 0.1) is 0 Å². The third-order valence-electron chi connectivity index (χ3n) is 3.40. The number of halogens is 2. The number of H-pyrrole nitrogens is 1. The monoisotopic (exact) mass is 380 g/mol. The summed E-state index contributed by atoms with van der Waals surface area (Å²) in [5.74, 6) is -0.159. The van der Waals surface area contributed by atoms with Gasteiger partial charge in [-0.25, -0.2) is 4.79 Å². The summed E-state index contributed by atoms with van der Waals surface area (Å²) in [6.45, 7) is 0.350. The Hall–Kier alpha value is -2.44. The largest absolute Gasteiger partial charge is 0.492 e. The van der Waals surface area contributed by atoms with Gasteiger partial charge in [0.25, 0.3) is 0 Å². The van der Waals surface area contributed by atoms with E-state index in [1.807, 2.05) is 0 Å². The normalized spacial score (nSPS) is 10.8. The molecule has 6 nitrogen and oxygen atoms in total. The molecule has 3 aromatic rings. The summed E-state index contributed by atoms with van der Waals surface area (Å²) in [7, 11) is 0. The number of nitrogens with one attached hydrogen (secondary N) is 2. The maximum atomic E-state index is 12.0. The maximum absolute atomic E-state index is 12.0. The van der Waals surface area contributed by atoms with Crippen molar-refractivity contribution in [3.63, 3.8) is 0 Å². The number of hydrogen-bond acceptors (Lipinski definition) is 4. The number of benzene rings is 2. The molecule has 0 aliphatic carbocycles. The van der Waals surface area contributed by atoms with E-state index in [-0.39, 0.29) is 12.3 Å². The number of anilines is 1. The summed E-state index contributed by atoms with van der Waals surface area (Å²) in [4.78, 5) is 25.6. The molecule has 0 saturated carbocycles. The van der Waals surface area contributed by atoms with Gasteiger partial charge in [-0.05, 0) is 42.8 Å². The molecule has 0 atom stereocenters.